The minimum Gasteiger partial charge on any atom is -0.314 e. The molecule has 2 amide bonds. The van der Waals surface area contributed by atoms with E-state index in [0.717, 1.165) is 23.2 Å². The molecule has 2 heterocycles. The van der Waals surface area contributed by atoms with Crippen molar-refractivity contribution in [2.45, 2.75) is 38.9 Å². The summed E-state index contributed by atoms with van der Waals surface area (Å²) in [7, 11) is -3.15. The predicted molar refractivity (Wildman–Crippen MR) is 107 cm³/mol. The Morgan fingerprint density at radius 2 is 1.52 bits per heavy atom. The number of nitrogens with zero attached hydrogens (tertiary/aromatic N) is 2. The maximum Gasteiger partial charge on any atom is 0.325 e. The van der Waals surface area contributed by atoms with Crippen LogP contribution in [0.15, 0.2) is 48.5 Å². The molecule has 27 heavy (non-hydrogen) atoms. The first kappa shape index (κ1) is 18.0. The average Bonchev–Trinajstić information content (AvgIpc) is 3.07. The fraction of sp³-hybridized carbons (Fsp3) is 0.381. The molecule has 0 bridgehead atoms. The third-order valence-electron chi connectivity index (χ3n) is 5.57. The van der Waals surface area contributed by atoms with Crippen LogP contribution in [0.5, 0.6) is 0 Å². The second-order valence-electron chi connectivity index (χ2n) is 7.50. The molecule has 2 saturated heterocycles. The monoisotopic (exact) mass is 384 g/mol. The number of rotatable bonds is 4. The Morgan fingerprint density at radius 1 is 0.926 bits per heavy atom. The van der Waals surface area contributed by atoms with E-state index in [1.807, 2.05) is 55.5 Å². The Kier molecular flexibility index (Phi) is 4.46. The molecule has 0 spiro atoms. The van der Waals surface area contributed by atoms with Crippen LogP contribution in [0.3, 0.4) is 0 Å². The maximum absolute atomic E-state index is 13.2. The number of fused-ring (bicyclic) bond motifs is 1. The number of carbonyl (C=O) groups is 1. The molecule has 0 radical (unpaired) electrons. The summed E-state index contributed by atoms with van der Waals surface area (Å²) in [4.78, 5) is 16.6. The molecule has 142 valence electrons. The zero-order chi connectivity index (χ0) is 19.2. The van der Waals surface area contributed by atoms with Gasteiger partial charge in [0.05, 0.1) is 23.6 Å². The summed E-state index contributed by atoms with van der Waals surface area (Å²) in [5.41, 5.74) is 4.14. The molecule has 0 saturated carbocycles. The molecular formula is C21H24N2O3S. The summed E-state index contributed by atoms with van der Waals surface area (Å²) in [5.74, 6) is 0.0716. The number of aryl methyl sites for hydroxylation is 2. The lowest BCUT2D eigenvalue weighted by molar-refractivity contribution is 0.206. The molecule has 0 aliphatic carbocycles. The predicted octanol–water partition coefficient (Wildman–Crippen LogP) is 3.17. The SMILES string of the molecule is CCc1ccc(N2C(=O)N(Cc3ccc(C)cc3)[C@@H]3CS(=O)(=O)C[C@H]32)cc1. The summed E-state index contributed by atoms with van der Waals surface area (Å²) in [6.45, 7) is 4.53. The molecule has 0 unspecified atom stereocenters. The number of benzene rings is 2. The van der Waals surface area contributed by atoms with Crippen molar-refractivity contribution in [1.29, 1.82) is 0 Å². The van der Waals surface area contributed by atoms with Crippen LogP contribution in [0.25, 0.3) is 0 Å². The third-order valence-corrected chi connectivity index (χ3v) is 7.27. The van der Waals surface area contributed by atoms with Crippen molar-refractivity contribution in [3.8, 4) is 0 Å². The number of urea groups is 1. The van der Waals surface area contributed by atoms with Crippen LogP contribution >= 0.6 is 0 Å². The summed E-state index contributed by atoms with van der Waals surface area (Å²) >= 11 is 0. The van der Waals surface area contributed by atoms with Crippen LogP contribution in [0.1, 0.15) is 23.6 Å². The molecule has 2 aliphatic heterocycles. The van der Waals surface area contributed by atoms with Gasteiger partial charge in [0.15, 0.2) is 9.84 Å². The fourth-order valence-electron chi connectivity index (χ4n) is 4.05. The standard InChI is InChI=1S/C21H24N2O3S/c1-3-16-8-10-18(11-9-16)23-20-14-27(25,26)13-19(20)22(21(23)24)12-17-6-4-15(2)5-7-17/h4-11,19-20H,3,12-14H2,1-2H3/t19-,20-/m1/s1. The van der Waals surface area contributed by atoms with Gasteiger partial charge in [-0.25, -0.2) is 13.2 Å². The smallest absolute Gasteiger partial charge is 0.314 e. The molecule has 5 nitrogen and oxygen atoms in total. The summed E-state index contributed by atoms with van der Waals surface area (Å²) in [6.07, 6.45) is 0.925. The quantitative estimate of drug-likeness (QED) is 0.761. The molecule has 2 fully saturated rings. The van der Waals surface area contributed by atoms with Crippen LogP contribution in [0.2, 0.25) is 0 Å². The van der Waals surface area contributed by atoms with Gasteiger partial charge < -0.3 is 4.90 Å². The highest BCUT2D eigenvalue weighted by Gasteiger charge is 2.53. The lowest BCUT2D eigenvalue weighted by atomic mass is 10.1. The van der Waals surface area contributed by atoms with Crippen molar-refractivity contribution in [1.82, 2.24) is 4.90 Å². The van der Waals surface area contributed by atoms with Gasteiger partial charge in [0.1, 0.15) is 0 Å². The van der Waals surface area contributed by atoms with Crippen LogP contribution in [-0.2, 0) is 22.8 Å². The van der Waals surface area contributed by atoms with Gasteiger partial charge in [0, 0.05) is 12.2 Å². The number of hydrogen-bond acceptors (Lipinski definition) is 3. The number of hydrogen-bond donors (Lipinski definition) is 0. The molecule has 2 aliphatic rings. The van der Waals surface area contributed by atoms with Gasteiger partial charge in [0.2, 0.25) is 0 Å². The van der Waals surface area contributed by atoms with Crippen molar-refractivity contribution >= 4 is 21.6 Å². The average molecular weight is 385 g/mol. The lowest BCUT2D eigenvalue weighted by Gasteiger charge is -2.23. The Bertz CT molecular complexity index is 952. The first-order chi connectivity index (χ1) is 12.9. The number of anilines is 1. The van der Waals surface area contributed by atoms with Crippen LogP contribution in [-0.4, -0.2) is 42.9 Å². The molecule has 6 heteroatoms. The van der Waals surface area contributed by atoms with E-state index < -0.39 is 9.84 Å². The molecular weight excluding hydrogens is 360 g/mol. The summed E-state index contributed by atoms with van der Waals surface area (Å²) < 4.78 is 24.6. The third kappa shape index (κ3) is 3.34. The summed E-state index contributed by atoms with van der Waals surface area (Å²) in [6, 6.07) is 15.2. The molecule has 2 aromatic rings. The topological polar surface area (TPSA) is 57.7 Å². The second-order valence-corrected chi connectivity index (χ2v) is 9.65. The van der Waals surface area contributed by atoms with Gasteiger partial charge in [0.25, 0.3) is 0 Å². The van der Waals surface area contributed by atoms with E-state index in [9.17, 15) is 13.2 Å². The van der Waals surface area contributed by atoms with E-state index in [1.54, 1.807) is 9.80 Å². The van der Waals surface area contributed by atoms with E-state index in [-0.39, 0.29) is 29.6 Å². The van der Waals surface area contributed by atoms with Crippen molar-refractivity contribution in [3.05, 3.63) is 65.2 Å². The highest BCUT2D eigenvalue weighted by atomic mass is 32.2. The lowest BCUT2D eigenvalue weighted by Crippen LogP contribution is -2.37. The van der Waals surface area contributed by atoms with E-state index in [1.165, 1.54) is 5.56 Å². The normalized spacial score (nSPS) is 23.7. The van der Waals surface area contributed by atoms with E-state index in [4.69, 9.17) is 0 Å². The molecule has 4 rings (SSSR count). The number of amides is 2. The molecule has 0 N–H and O–H groups in total. The Labute approximate surface area is 160 Å². The second kappa shape index (κ2) is 6.68. The van der Waals surface area contributed by atoms with Gasteiger partial charge in [-0.15, -0.1) is 0 Å². The highest BCUT2D eigenvalue weighted by Crippen LogP contribution is 2.36. The van der Waals surface area contributed by atoms with E-state index >= 15 is 0 Å². The van der Waals surface area contributed by atoms with Crippen LogP contribution in [0.4, 0.5) is 10.5 Å². The van der Waals surface area contributed by atoms with Crippen molar-refractivity contribution < 1.29 is 13.2 Å². The van der Waals surface area contributed by atoms with E-state index in [2.05, 4.69) is 6.92 Å². The zero-order valence-corrected chi connectivity index (χ0v) is 16.4. The van der Waals surface area contributed by atoms with Gasteiger partial charge in [-0.05, 0) is 36.6 Å². The first-order valence-corrected chi connectivity index (χ1v) is 11.1. The summed E-state index contributed by atoms with van der Waals surface area (Å²) in [5, 5.41) is 0. The Hall–Kier alpha value is -2.34. The van der Waals surface area contributed by atoms with Crippen molar-refractivity contribution in [2.24, 2.45) is 0 Å². The Balaban J connectivity index is 1.67. The molecule has 2 aromatic carbocycles. The Morgan fingerprint density at radius 3 is 2.15 bits per heavy atom. The minimum absolute atomic E-state index is 0.0311. The van der Waals surface area contributed by atoms with Crippen molar-refractivity contribution in [2.75, 3.05) is 16.4 Å². The first-order valence-electron chi connectivity index (χ1n) is 9.33. The van der Waals surface area contributed by atoms with Gasteiger partial charge in [-0.2, -0.15) is 0 Å². The fourth-order valence-corrected chi connectivity index (χ4v) is 6.00. The molecule has 0 aromatic heterocycles. The number of carbonyl (C=O) groups excluding carboxylic acids is 1. The van der Waals surface area contributed by atoms with Gasteiger partial charge in [-0.1, -0.05) is 48.9 Å². The van der Waals surface area contributed by atoms with Gasteiger partial charge >= 0.3 is 6.03 Å². The number of sulfone groups is 1. The minimum atomic E-state index is -3.15. The van der Waals surface area contributed by atoms with E-state index in [0.29, 0.717) is 6.54 Å². The maximum atomic E-state index is 13.2. The largest absolute Gasteiger partial charge is 0.325 e. The zero-order valence-electron chi connectivity index (χ0n) is 15.6. The van der Waals surface area contributed by atoms with Crippen LogP contribution < -0.4 is 4.90 Å². The molecule has 2 atom stereocenters. The van der Waals surface area contributed by atoms with Crippen LogP contribution in [0, 0.1) is 6.92 Å². The van der Waals surface area contributed by atoms with Crippen molar-refractivity contribution in [3.63, 3.8) is 0 Å². The highest BCUT2D eigenvalue weighted by molar-refractivity contribution is 7.91. The van der Waals surface area contributed by atoms with Gasteiger partial charge in [-0.3, -0.25) is 4.90 Å².